The summed E-state index contributed by atoms with van der Waals surface area (Å²) in [4.78, 5) is 32.8. The van der Waals surface area contributed by atoms with E-state index in [4.69, 9.17) is 0 Å². The van der Waals surface area contributed by atoms with Gasteiger partial charge in [0.2, 0.25) is 17.8 Å². The van der Waals surface area contributed by atoms with Gasteiger partial charge in [-0.3, -0.25) is 14.6 Å². The maximum Gasteiger partial charge on any atom is 0.226 e. The van der Waals surface area contributed by atoms with Gasteiger partial charge in [-0.15, -0.1) is 0 Å². The predicted molar refractivity (Wildman–Crippen MR) is 110 cm³/mol. The minimum absolute atomic E-state index is 0.00783. The molecule has 8 heteroatoms. The Labute approximate surface area is 177 Å². The van der Waals surface area contributed by atoms with Crippen LogP contribution in [0.5, 0.6) is 0 Å². The number of carbonyl (C=O) groups excluding carboxylic acids is 2. The van der Waals surface area contributed by atoms with Crippen LogP contribution >= 0.6 is 0 Å². The number of hydrogen-bond donors (Lipinski definition) is 0. The van der Waals surface area contributed by atoms with E-state index in [2.05, 4.69) is 9.97 Å². The van der Waals surface area contributed by atoms with Crippen LogP contribution in [-0.2, 0) is 11.2 Å². The number of aromatic nitrogens is 2. The molecule has 0 saturated carbocycles. The standard InChI is InChI=1S/C23H20F3N3O2/c1-3-22(31)29(2)16-7-8-17(18(24)12-16)19-9-4-15(13-27-19)20(30)10-5-14-6-11-21(25)28-23(14)26/h4,6-9,11-13H,3,5,10H2,1-2H3. The molecule has 0 unspecified atom stereocenters. The van der Waals surface area contributed by atoms with Gasteiger partial charge in [-0.1, -0.05) is 6.92 Å². The second kappa shape index (κ2) is 9.51. The Hall–Kier alpha value is -3.55. The second-order valence-corrected chi connectivity index (χ2v) is 6.91. The molecule has 0 aliphatic heterocycles. The van der Waals surface area contributed by atoms with Crippen LogP contribution in [-0.4, -0.2) is 28.7 Å². The molecule has 0 N–H and O–H groups in total. The maximum atomic E-state index is 14.6. The first-order chi connectivity index (χ1) is 14.8. The molecule has 0 aliphatic carbocycles. The molecule has 5 nitrogen and oxygen atoms in total. The third kappa shape index (κ3) is 5.14. The van der Waals surface area contributed by atoms with E-state index in [0.717, 1.165) is 6.07 Å². The van der Waals surface area contributed by atoms with Gasteiger partial charge >= 0.3 is 0 Å². The molecular formula is C23H20F3N3O2. The molecule has 0 spiro atoms. The van der Waals surface area contributed by atoms with Crippen LogP contribution in [0.1, 0.15) is 35.7 Å². The maximum absolute atomic E-state index is 14.6. The lowest BCUT2D eigenvalue weighted by atomic mass is 10.0. The predicted octanol–water partition coefficient (Wildman–Crippen LogP) is 4.75. The Morgan fingerprint density at radius 3 is 2.42 bits per heavy atom. The fraction of sp³-hybridized carbons (Fsp3) is 0.217. The lowest BCUT2D eigenvalue weighted by molar-refractivity contribution is -0.118. The Morgan fingerprint density at radius 1 is 1.03 bits per heavy atom. The highest BCUT2D eigenvalue weighted by molar-refractivity contribution is 5.96. The van der Waals surface area contributed by atoms with E-state index in [-0.39, 0.29) is 35.7 Å². The third-order valence-electron chi connectivity index (χ3n) is 4.89. The number of carbonyl (C=O) groups is 2. The molecular weight excluding hydrogens is 407 g/mol. The molecule has 0 aliphatic rings. The molecule has 1 amide bonds. The van der Waals surface area contributed by atoms with Crippen LogP contribution in [0.2, 0.25) is 0 Å². The number of rotatable bonds is 7. The van der Waals surface area contributed by atoms with E-state index >= 15 is 0 Å². The van der Waals surface area contributed by atoms with Crippen molar-refractivity contribution in [3.63, 3.8) is 0 Å². The molecule has 2 aromatic heterocycles. The molecule has 160 valence electrons. The van der Waals surface area contributed by atoms with Crippen molar-refractivity contribution >= 4 is 17.4 Å². The van der Waals surface area contributed by atoms with Gasteiger partial charge in [-0.05, 0) is 48.9 Å². The molecule has 0 atom stereocenters. The number of pyridine rings is 2. The Morgan fingerprint density at radius 2 is 1.81 bits per heavy atom. The Balaban J connectivity index is 1.70. The van der Waals surface area contributed by atoms with Crippen LogP contribution in [0.15, 0.2) is 48.7 Å². The largest absolute Gasteiger partial charge is 0.315 e. The number of nitrogens with zero attached hydrogens (tertiary/aromatic N) is 3. The molecule has 0 radical (unpaired) electrons. The minimum atomic E-state index is -0.938. The Kier molecular flexibility index (Phi) is 6.79. The third-order valence-corrected chi connectivity index (χ3v) is 4.89. The highest BCUT2D eigenvalue weighted by Crippen LogP contribution is 2.26. The normalized spacial score (nSPS) is 10.7. The van der Waals surface area contributed by atoms with Crippen molar-refractivity contribution in [2.24, 2.45) is 0 Å². The minimum Gasteiger partial charge on any atom is -0.315 e. The molecule has 2 heterocycles. The summed E-state index contributed by atoms with van der Waals surface area (Å²) in [5.74, 6) is -2.82. The zero-order valence-corrected chi connectivity index (χ0v) is 17.0. The van der Waals surface area contributed by atoms with Crippen LogP contribution < -0.4 is 4.90 Å². The first kappa shape index (κ1) is 22.1. The van der Waals surface area contributed by atoms with Gasteiger partial charge in [0.1, 0.15) is 5.82 Å². The van der Waals surface area contributed by atoms with Gasteiger partial charge in [0, 0.05) is 48.5 Å². The van der Waals surface area contributed by atoms with Gasteiger partial charge in [0.05, 0.1) is 5.69 Å². The van der Waals surface area contributed by atoms with Gasteiger partial charge in [-0.2, -0.15) is 13.8 Å². The fourth-order valence-corrected chi connectivity index (χ4v) is 3.04. The summed E-state index contributed by atoms with van der Waals surface area (Å²) in [6.45, 7) is 1.73. The highest BCUT2D eigenvalue weighted by Gasteiger charge is 2.15. The van der Waals surface area contributed by atoms with Crippen molar-refractivity contribution in [2.75, 3.05) is 11.9 Å². The van der Waals surface area contributed by atoms with E-state index in [1.165, 1.54) is 41.4 Å². The fourth-order valence-electron chi connectivity index (χ4n) is 3.04. The summed E-state index contributed by atoms with van der Waals surface area (Å²) in [7, 11) is 1.58. The Bertz CT molecular complexity index is 1120. The highest BCUT2D eigenvalue weighted by atomic mass is 19.1. The summed E-state index contributed by atoms with van der Waals surface area (Å²) in [5.41, 5.74) is 1.44. The first-order valence-electron chi connectivity index (χ1n) is 9.66. The topological polar surface area (TPSA) is 63.2 Å². The SMILES string of the molecule is CCC(=O)N(C)c1ccc(-c2ccc(C(=O)CCc3ccc(F)nc3F)cn2)c(F)c1. The quantitative estimate of drug-likeness (QED) is 0.403. The van der Waals surface area contributed by atoms with Crippen molar-refractivity contribution in [2.45, 2.75) is 26.2 Å². The monoisotopic (exact) mass is 427 g/mol. The zero-order chi connectivity index (χ0) is 22.5. The van der Waals surface area contributed by atoms with Crippen molar-refractivity contribution in [1.82, 2.24) is 9.97 Å². The molecule has 0 bridgehead atoms. The number of halogens is 3. The van der Waals surface area contributed by atoms with E-state index in [9.17, 15) is 22.8 Å². The number of hydrogen-bond acceptors (Lipinski definition) is 4. The van der Waals surface area contributed by atoms with Crippen molar-refractivity contribution in [3.05, 3.63) is 77.5 Å². The number of benzene rings is 1. The summed E-state index contributed by atoms with van der Waals surface area (Å²) in [6, 6.07) is 9.74. The van der Waals surface area contributed by atoms with Crippen LogP contribution in [0, 0.1) is 17.7 Å². The van der Waals surface area contributed by atoms with Crippen LogP contribution in [0.25, 0.3) is 11.3 Å². The molecule has 3 aromatic rings. The number of ketones is 1. The van der Waals surface area contributed by atoms with Gasteiger partial charge in [0.15, 0.2) is 5.78 Å². The number of Topliss-reactive ketones (excluding diaryl/α,β-unsaturated/α-hetero) is 1. The number of anilines is 1. The smallest absolute Gasteiger partial charge is 0.226 e. The van der Waals surface area contributed by atoms with E-state index < -0.39 is 17.7 Å². The van der Waals surface area contributed by atoms with Gasteiger partial charge < -0.3 is 4.90 Å². The molecule has 0 saturated heterocycles. The number of aryl methyl sites for hydroxylation is 1. The lowest BCUT2D eigenvalue weighted by Crippen LogP contribution is -2.25. The van der Waals surface area contributed by atoms with E-state index in [1.54, 1.807) is 20.0 Å². The molecule has 31 heavy (non-hydrogen) atoms. The zero-order valence-electron chi connectivity index (χ0n) is 17.0. The summed E-state index contributed by atoms with van der Waals surface area (Å²) >= 11 is 0. The average Bonchev–Trinajstić information content (AvgIpc) is 2.77. The van der Waals surface area contributed by atoms with Crippen molar-refractivity contribution in [3.8, 4) is 11.3 Å². The van der Waals surface area contributed by atoms with Crippen LogP contribution in [0.3, 0.4) is 0 Å². The van der Waals surface area contributed by atoms with Gasteiger partial charge in [-0.25, -0.2) is 4.39 Å². The molecule has 0 fully saturated rings. The average molecular weight is 427 g/mol. The van der Waals surface area contributed by atoms with Gasteiger partial charge in [0.25, 0.3) is 0 Å². The van der Waals surface area contributed by atoms with Crippen molar-refractivity contribution in [1.29, 1.82) is 0 Å². The van der Waals surface area contributed by atoms with Crippen LogP contribution in [0.4, 0.5) is 18.9 Å². The van der Waals surface area contributed by atoms with E-state index in [1.807, 2.05) is 0 Å². The molecule has 3 rings (SSSR count). The summed E-state index contributed by atoms with van der Waals surface area (Å²) in [5, 5.41) is 0. The summed E-state index contributed by atoms with van der Waals surface area (Å²) in [6.07, 6.45) is 1.70. The first-order valence-corrected chi connectivity index (χ1v) is 9.66. The second-order valence-electron chi connectivity index (χ2n) is 6.91. The number of amides is 1. The lowest BCUT2D eigenvalue weighted by Gasteiger charge is -2.17. The summed E-state index contributed by atoms with van der Waals surface area (Å²) < 4.78 is 41.0. The van der Waals surface area contributed by atoms with E-state index in [0.29, 0.717) is 23.4 Å². The van der Waals surface area contributed by atoms with Crippen molar-refractivity contribution < 1.29 is 22.8 Å². The molecule has 1 aromatic carbocycles.